The van der Waals surface area contributed by atoms with Crippen LogP contribution in [-0.4, -0.2) is 110 Å². The van der Waals surface area contributed by atoms with Crippen LogP contribution in [0, 0.1) is 0 Å². The minimum Gasteiger partial charge on any atom is -0.480 e. The van der Waals surface area contributed by atoms with Crippen LogP contribution in [0.25, 0.3) is 0 Å². The highest BCUT2D eigenvalue weighted by Crippen LogP contribution is 2.23. The predicted molar refractivity (Wildman–Crippen MR) is 72.8 cm³/mol. The number of carbonyl (C=O) groups is 2. The summed E-state index contributed by atoms with van der Waals surface area (Å²) in [5, 5.41) is 67.5. The zero-order chi connectivity index (χ0) is 18.5. The third-order valence-electron chi connectivity index (χ3n) is 3.56. The molecule has 0 aromatic heterocycles. The molecule has 0 amide bonds. The van der Waals surface area contributed by atoms with E-state index >= 15 is 0 Å². The van der Waals surface area contributed by atoms with Gasteiger partial charge in [0.1, 0.15) is 18.3 Å². The monoisotopic (exact) mass is 355 g/mol. The molecule has 0 saturated carbocycles. The number of aliphatic hydroxyl groups excluding tert-OH is 5. The molecule has 0 aliphatic carbocycles. The number of aliphatic hydroxyl groups is 5. The lowest BCUT2D eigenvalue weighted by Crippen LogP contribution is -2.62. The lowest BCUT2D eigenvalue weighted by atomic mass is 9.98. The largest absolute Gasteiger partial charge is 0.480 e. The standard InChI is InChI=1S/C12H21NO11/c14-2-12(3-15,13-1-5(16)17)4-23-11-8(20)6(18)7(19)9(24-11)10(21)22/h6-9,11,13-15,18-20H,1-4H2,(H,16,17)(H,21,22)/t6-,7-,8+,9-,11?/m0/s1. The summed E-state index contributed by atoms with van der Waals surface area (Å²) in [5.74, 6) is -2.86. The second-order valence-electron chi connectivity index (χ2n) is 5.39. The maximum absolute atomic E-state index is 11.0. The number of ether oxygens (including phenoxy) is 2. The van der Waals surface area contributed by atoms with E-state index in [2.05, 4.69) is 5.32 Å². The molecule has 1 rings (SSSR count). The maximum atomic E-state index is 11.0. The van der Waals surface area contributed by atoms with E-state index in [1.807, 2.05) is 0 Å². The summed E-state index contributed by atoms with van der Waals surface area (Å²) >= 11 is 0. The Morgan fingerprint density at radius 2 is 1.62 bits per heavy atom. The fraction of sp³-hybridized carbons (Fsp3) is 0.833. The number of nitrogens with one attached hydrogen (secondary N) is 1. The Morgan fingerprint density at radius 1 is 1.04 bits per heavy atom. The molecule has 1 unspecified atom stereocenters. The highest BCUT2D eigenvalue weighted by atomic mass is 16.7. The van der Waals surface area contributed by atoms with Gasteiger partial charge >= 0.3 is 11.9 Å². The van der Waals surface area contributed by atoms with Crippen LogP contribution in [0.15, 0.2) is 0 Å². The van der Waals surface area contributed by atoms with Gasteiger partial charge in [-0.3, -0.25) is 10.1 Å². The molecule has 0 aromatic rings. The second kappa shape index (κ2) is 8.64. The summed E-state index contributed by atoms with van der Waals surface area (Å²) in [6.07, 6.45) is -9.10. The smallest absolute Gasteiger partial charge is 0.335 e. The molecule has 0 aromatic carbocycles. The van der Waals surface area contributed by atoms with Crippen LogP contribution in [0.3, 0.4) is 0 Å². The van der Waals surface area contributed by atoms with E-state index in [0.29, 0.717) is 0 Å². The summed E-state index contributed by atoms with van der Waals surface area (Å²) in [6, 6.07) is 0. The molecule has 1 fully saturated rings. The van der Waals surface area contributed by atoms with Gasteiger partial charge < -0.3 is 45.2 Å². The topological polar surface area (TPSA) is 206 Å². The lowest BCUT2D eigenvalue weighted by molar-refractivity contribution is -0.298. The van der Waals surface area contributed by atoms with Crippen molar-refractivity contribution < 1.29 is 54.8 Å². The minimum atomic E-state index is -1.89. The second-order valence-corrected chi connectivity index (χ2v) is 5.39. The molecule has 12 heteroatoms. The molecule has 1 aliphatic heterocycles. The Balaban J connectivity index is 2.77. The summed E-state index contributed by atoms with van der Waals surface area (Å²) in [6.45, 7) is -2.68. The molecular weight excluding hydrogens is 334 g/mol. The fourth-order valence-corrected chi connectivity index (χ4v) is 2.00. The minimum absolute atomic E-state index is 0.579. The molecule has 1 saturated heterocycles. The Morgan fingerprint density at radius 3 is 2.08 bits per heavy atom. The molecule has 0 radical (unpaired) electrons. The molecule has 0 bridgehead atoms. The van der Waals surface area contributed by atoms with Crippen molar-refractivity contribution in [3.8, 4) is 0 Å². The molecule has 0 spiro atoms. The van der Waals surface area contributed by atoms with Crippen LogP contribution < -0.4 is 5.32 Å². The number of aliphatic carboxylic acids is 2. The first-order valence-electron chi connectivity index (χ1n) is 6.90. The van der Waals surface area contributed by atoms with E-state index in [-0.39, 0.29) is 0 Å². The van der Waals surface area contributed by atoms with Gasteiger partial charge in [0, 0.05) is 0 Å². The fourth-order valence-electron chi connectivity index (χ4n) is 2.00. The third kappa shape index (κ3) is 4.81. The van der Waals surface area contributed by atoms with Crippen LogP contribution in [0.4, 0.5) is 0 Å². The number of rotatable bonds is 9. The van der Waals surface area contributed by atoms with Gasteiger partial charge in [-0.2, -0.15) is 0 Å². The molecule has 140 valence electrons. The van der Waals surface area contributed by atoms with Gasteiger partial charge in [-0.1, -0.05) is 0 Å². The molecule has 8 N–H and O–H groups in total. The Labute approximate surface area is 135 Å². The van der Waals surface area contributed by atoms with Crippen molar-refractivity contribution in [3.05, 3.63) is 0 Å². The normalized spacial score (nSPS) is 31.0. The van der Waals surface area contributed by atoms with Gasteiger partial charge in [0.15, 0.2) is 12.4 Å². The molecule has 12 nitrogen and oxygen atoms in total. The van der Waals surface area contributed by atoms with Crippen molar-refractivity contribution in [2.24, 2.45) is 0 Å². The van der Waals surface area contributed by atoms with Crippen molar-refractivity contribution in [1.29, 1.82) is 0 Å². The van der Waals surface area contributed by atoms with Crippen molar-refractivity contribution >= 4 is 11.9 Å². The first kappa shape index (κ1) is 20.7. The average Bonchev–Trinajstić information content (AvgIpc) is 2.54. The molecule has 1 heterocycles. The van der Waals surface area contributed by atoms with E-state index in [1.54, 1.807) is 0 Å². The van der Waals surface area contributed by atoms with Crippen molar-refractivity contribution in [2.75, 3.05) is 26.4 Å². The van der Waals surface area contributed by atoms with E-state index in [1.165, 1.54) is 0 Å². The summed E-state index contributed by atoms with van der Waals surface area (Å²) in [7, 11) is 0. The van der Waals surface area contributed by atoms with Crippen LogP contribution >= 0.6 is 0 Å². The van der Waals surface area contributed by atoms with Gasteiger partial charge in [0.25, 0.3) is 0 Å². The van der Waals surface area contributed by atoms with Crippen molar-refractivity contribution in [2.45, 2.75) is 36.2 Å². The van der Waals surface area contributed by atoms with Crippen LogP contribution in [0.2, 0.25) is 0 Å². The third-order valence-corrected chi connectivity index (χ3v) is 3.56. The number of hydrogen-bond donors (Lipinski definition) is 8. The lowest BCUT2D eigenvalue weighted by Gasteiger charge is -2.40. The van der Waals surface area contributed by atoms with E-state index in [4.69, 9.17) is 19.7 Å². The molecule has 5 atom stereocenters. The van der Waals surface area contributed by atoms with Gasteiger partial charge in [0.2, 0.25) is 0 Å². The first-order chi connectivity index (χ1) is 11.2. The van der Waals surface area contributed by atoms with Crippen molar-refractivity contribution in [3.63, 3.8) is 0 Å². The predicted octanol–water partition coefficient (Wildman–Crippen LogP) is -4.71. The van der Waals surface area contributed by atoms with E-state index in [9.17, 15) is 35.1 Å². The average molecular weight is 355 g/mol. The maximum Gasteiger partial charge on any atom is 0.335 e. The molecular formula is C12H21NO11. The van der Waals surface area contributed by atoms with Crippen LogP contribution in [0.1, 0.15) is 0 Å². The number of hydrogen-bond acceptors (Lipinski definition) is 10. The zero-order valence-electron chi connectivity index (χ0n) is 12.5. The van der Waals surface area contributed by atoms with E-state index < -0.39 is 74.5 Å². The van der Waals surface area contributed by atoms with E-state index in [0.717, 1.165) is 0 Å². The Bertz CT molecular complexity index is 441. The highest BCUT2D eigenvalue weighted by molar-refractivity contribution is 5.73. The molecule has 1 aliphatic rings. The SMILES string of the molecule is O=C(O)CNC(CO)(CO)COC1O[C@H](C(=O)O)[C@@H](O)[C@H](O)[C@H]1O. The molecule has 24 heavy (non-hydrogen) atoms. The summed E-state index contributed by atoms with van der Waals surface area (Å²) < 4.78 is 9.96. The Hall–Kier alpha value is -1.38. The summed E-state index contributed by atoms with van der Waals surface area (Å²) in [4.78, 5) is 21.5. The van der Waals surface area contributed by atoms with Gasteiger partial charge in [-0.15, -0.1) is 0 Å². The highest BCUT2D eigenvalue weighted by Gasteiger charge is 2.48. The van der Waals surface area contributed by atoms with Gasteiger partial charge in [-0.25, -0.2) is 4.79 Å². The van der Waals surface area contributed by atoms with Crippen LogP contribution in [-0.2, 0) is 19.1 Å². The first-order valence-corrected chi connectivity index (χ1v) is 6.90. The van der Waals surface area contributed by atoms with Crippen molar-refractivity contribution in [1.82, 2.24) is 5.32 Å². The Kier molecular flexibility index (Phi) is 7.44. The van der Waals surface area contributed by atoms with Gasteiger partial charge in [-0.05, 0) is 0 Å². The zero-order valence-corrected chi connectivity index (χ0v) is 12.5. The summed E-state index contributed by atoms with van der Waals surface area (Å²) in [5.41, 5.74) is -1.61. The number of carboxylic acids is 2. The number of carboxylic acid groups (broad SMARTS) is 2. The van der Waals surface area contributed by atoms with Crippen LogP contribution in [0.5, 0.6) is 0 Å². The quantitative estimate of drug-likeness (QED) is 0.196. The van der Waals surface area contributed by atoms with Gasteiger partial charge in [0.05, 0.1) is 31.9 Å².